The number of carbonyl (C=O) groups is 1. The Kier molecular flexibility index (Phi) is 12.6. The maximum Gasteiger partial charge on any atom is 0.223 e. The molecule has 0 aliphatic carbocycles. The molecule has 1 amide bonds. The minimum atomic E-state index is 0.325. The maximum atomic E-state index is 12.0. The van der Waals surface area contributed by atoms with Gasteiger partial charge in [-0.2, -0.15) is 0 Å². The van der Waals surface area contributed by atoms with Crippen LogP contribution in [0.25, 0.3) is 0 Å². The molecule has 2 aliphatic rings. The predicted molar refractivity (Wildman–Crippen MR) is 132 cm³/mol. The quantitative estimate of drug-likeness (QED) is 0.498. The molecule has 2 fully saturated rings. The van der Waals surface area contributed by atoms with Crippen LogP contribution in [0.2, 0.25) is 0 Å². The van der Waals surface area contributed by atoms with Crippen LogP contribution in [0.4, 0.5) is 0 Å². The van der Waals surface area contributed by atoms with Gasteiger partial charge in [-0.1, -0.05) is 55.4 Å². The van der Waals surface area contributed by atoms with Gasteiger partial charge in [0.15, 0.2) is 0 Å². The summed E-state index contributed by atoms with van der Waals surface area (Å²) in [5.41, 5.74) is 0.339. The molecule has 0 N–H and O–H groups in total. The summed E-state index contributed by atoms with van der Waals surface area (Å²) in [6, 6.07) is 0. The largest absolute Gasteiger partial charge is 0.377 e. The summed E-state index contributed by atoms with van der Waals surface area (Å²) >= 11 is 0. The van der Waals surface area contributed by atoms with E-state index in [1.807, 2.05) is 4.90 Å². The van der Waals surface area contributed by atoms with Crippen LogP contribution in [0, 0.1) is 23.2 Å². The van der Waals surface area contributed by atoms with Crippen molar-refractivity contribution >= 4 is 5.91 Å². The summed E-state index contributed by atoms with van der Waals surface area (Å²) in [4.78, 5) is 18.8. The van der Waals surface area contributed by atoms with Crippen molar-refractivity contribution in [1.29, 1.82) is 0 Å². The lowest BCUT2D eigenvalue weighted by atomic mass is 9.76. The standard InChI is InChI=1S/C15H30N2O.C11H23NO/c1-12(2)9-16(6)8-7-14(18)17-10-13(11-17)15(3,4)5;1-4-12(8-10(2)3)9-11-6-5-7-13-11/h12-13H,7-11H2,1-6H3;10-11H,4-9H2,1-3H3. The molecular weight excluding hydrogens is 386 g/mol. The summed E-state index contributed by atoms with van der Waals surface area (Å²) < 4.78 is 5.63. The zero-order valence-corrected chi connectivity index (χ0v) is 22.2. The monoisotopic (exact) mass is 439 g/mol. The van der Waals surface area contributed by atoms with Crippen LogP contribution in [0.5, 0.6) is 0 Å². The van der Waals surface area contributed by atoms with Gasteiger partial charge in [0.25, 0.3) is 0 Å². The van der Waals surface area contributed by atoms with Gasteiger partial charge in [-0.25, -0.2) is 0 Å². The highest BCUT2D eigenvalue weighted by Gasteiger charge is 2.37. The van der Waals surface area contributed by atoms with Gasteiger partial charge in [0.1, 0.15) is 0 Å². The molecule has 0 bridgehead atoms. The van der Waals surface area contributed by atoms with E-state index in [1.165, 1.54) is 19.4 Å². The number of nitrogens with zero attached hydrogens (tertiary/aromatic N) is 3. The van der Waals surface area contributed by atoms with Gasteiger partial charge in [-0.15, -0.1) is 0 Å². The maximum absolute atomic E-state index is 12.0. The van der Waals surface area contributed by atoms with Crippen molar-refractivity contribution in [2.24, 2.45) is 23.2 Å². The third-order valence-corrected chi connectivity index (χ3v) is 6.40. The van der Waals surface area contributed by atoms with E-state index in [4.69, 9.17) is 4.74 Å². The summed E-state index contributed by atoms with van der Waals surface area (Å²) in [6.07, 6.45) is 3.69. The van der Waals surface area contributed by atoms with E-state index in [2.05, 4.69) is 72.2 Å². The number of rotatable bonds is 10. The molecule has 2 aliphatic heterocycles. The molecule has 0 aromatic heterocycles. The number of hydrogen-bond donors (Lipinski definition) is 0. The molecule has 5 nitrogen and oxygen atoms in total. The Morgan fingerprint density at radius 2 is 1.71 bits per heavy atom. The van der Waals surface area contributed by atoms with Crippen molar-refractivity contribution in [3.05, 3.63) is 0 Å². The molecule has 2 rings (SSSR count). The van der Waals surface area contributed by atoms with Gasteiger partial charge in [-0.05, 0) is 49.6 Å². The molecule has 0 aromatic rings. The summed E-state index contributed by atoms with van der Waals surface area (Å²) in [7, 11) is 2.10. The molecule has 0 radical (unpaired) electrons. The number of likely N-dealkylation sites (tertiary alicyclic amines) is 1. The third-order valence-electron chi connectivity index (χ3n) is 6.40. The van der Waals surface area contributed by atoms with E-state index >= 15 is 0 Å². The first-order chi connectivity index (χ1) is 14.4. The molecule has 1 atom stereocenters. The number of likely N-dealkylation sites (N-methyl/N-ethyl adjacent to an activating group) is 1. The molecular formula is C26H53N3O2. The molecule has 184 valence electrons. The van der Waals surface area contributed by atoms with Crippen molar-refractivity contribution in [2.75, 3.05) is 59.5 Å². The van der Waals surface area contributed by atoms with Crippen LogP contribution in [0.1, 0.15) is 74.7 Å². The lowest BCUT2D eigenvalue weighted by molar-refractivity contribution is -0.140. The Morgan fingerprint density at radius 3 is 2.16 bits per heavy atom. The van der Waals surface area contributed by atoms with E-state index in [0.29, 0.717) is 35.7 Å². The number of ether oxygens (including phenoxy) is 1. The van der Waals surface area contributed by atoms with Crippen LogP contribution < -0.4 is 0 Å². The fourth-order valence-corrected chi connectivity index (χ4v) is 4.31. The highest BCUT2D eigenvalue weighted by Crippen LogP contribution is 2.33. The van der Waals surface area contributed by atoms with Crippen LogP contribution in [-0.4, -0.2) is 86.2 Å². The van der Waals surface area contributed by atoms with Crippen LogP contribution in [0.15, 0.2) is 0 Å². The van der Waals surface area contributed by atoms with Crippen LogP contribution in [0.3, 0.4) is 0 Å². The highest BCUT2D eigenvalue weighted by molar-refractivity contribution is 5.77. The lowest BCUT2D eigenvalue weighted by Gasteiger charge is -2.46. The molecule has 0 spiro atoms. The Hall–Kier alpha value is -0.650. The van der Waals surface area contributed by atoms with Gasteiger partial charge in [-0.3, -0.25) is 4.79 Å². The van der Waals surface area contributed by atoms with Crippen LogP contribution >= 0.6 is 0 Å². The zero-order valence-electron chi connectivity index (χ0n) is 22.2. The molecule has 31 heavy (non-hydrogen) atoms. The second-order valence-corrected chi connectivity index (χ2v) is 11.6. The van der Waals surface area contributed by atoms with E-state index in [1.54, 1.807) is 0 Å². The molecule has 2 heterocycles. The molecule has 1 unspecified atom stereocenters. The minimum absolute atomic E-state index is 0.325. The molecule has 2 saturated heterocycles. The fraction of sp³-hybridized carbons (Fsp3) is 0.962. The SMILES string of the molecule is CC(C)CN(C)CCC(=O)N1CC(C(C)(C)C)C1.CCN(CC(C)C)CC1CCCO1. The van der Waals surface area contributed by atoms with Gasteiger partial charge >= 0.3 is 0 Å². The van der Waals surface area contributed by atoms with Gasteiger partial charge in [0, 0.05) is 52.3 Å². The van der Waals surface area contributed by atoms with E-state index in [9.17, 15) is 4.79 Å². The Labute approximate surface area is 193 Å². The first-order valence-electron chi connectivity index (χ1n) is 12.7. The lowest BCUT2D eigenvalue weighted by Crippen LogP contribution is -2.54. The Bertz CT molecular complexity index is 489. The number of hydrogen-bond acceptors (Lipinski definition) is 4. The molecule has 0 saturated carbocycles. The average Bonchev–Trinajstić information content (AvgIpc) is 3.09. The fourth-order valence-electron chi connectivity index (χ4n) is 4.31. The second-order valence-electron chi connectivity index (χ2n) is 11.6. The average molecular weight is 440 g/mol. The van der Waals surface area contributed by atoms with E-state index < -0.39 is 0 Å². The van der Waals surface area contributed by atoms with Crippen LogP contribution in [-0.2, 0) is 9.53 Å². The minimum Gasteiger partial charge on any atom is -0.377 e. The first kappa shape index (κ1) is 28.4. The smallest absolute Gasteiger partial charge is 0.223 e. The van der Waals surface area contributed by atoms with Crippen molar-refractivity contribution in [2.45, 2.75) is 80.8 Å². The summed E-state index contributed by atoms with van der Waals surface area (Å²) in [5, 5.41) is 0. The Balaban J connectivity index is 0.000000327. The number of amides is 1. The topological polar surface area (TPSA) is 36.0 Å². The number of carbonyl (C=O) groups excluding carboxylic acids is 1. The second kappa shape index (κ2) is 13.8. The molecule has 5 heteroatoms. The van der Waals surface area contributed by atoms with Crippen molar-refractivity contribution < 1.29 is 9.53 Å². The van der Waals surface area contributed by atoms with Gasteiger partial charge in [0.05, 0.1) is 6.10 Å². The normalized spacial score (nSPS) is 19.9. The van der Waals surface area contributed by atoms with Gasteiger partial charge in [0.2, 0.25) is 5.91 Å². The molecule has 0 aromatic carbocycles. The Morgan fingerprint density at radius 1 is 1.10 bits per heavy atom. The van der Waals surface area contributed by atoms with Crippen molar-refractivity contribution in [1.82, 2.24) is 14.7 Å². The summed E-state index contributed by atoms with van der Waals surface area (Å²) in [5.74, 6) is 2.43. The highest BCUT2D eigenvalue weighted by atomic mass is 16.5. The summed E-state index contributed by atoms with van der Waals surface area (Å²) in [6.45, 7) is 26.3. The van der Waals surface area contributed by atoms with E-state index in [0.717, 1.165) is 51.8 Å². The third kappa shape index (κ3) is 11.7. The van der Waals surface area contributed by atoms with Gasteiger partial charge < -0.3 is 19.4 Å². The first-order valence-corrected chi connectivity index (χ1v) is 12.7. The predicted octanol–water partition coefficient (Wildman–Crippen LogP) is 4.61. The van der Waals surface area contributed by atoms with Crippen molar-refractivity contribution in [3.63, 3.8) is 0 Å². The zero-order chi connectivity index (χ0) is 23.6. The van der Waals surface area contributed by atoms with Crippen molar-refractivity contribution in [3.8, 4) is 0 Å². The van der Waals surface area contributed by atoms with E-state index in [-0.39, 0.29) is 0 Å².